The van der Waals surface area contributed by atoms with E-state index in [9.17, 15) is 0 Å². The largest absolute Gasteiger partial charge is 0.379 e. The topological polar surface area (TPSA) is 35.2 Å². The Balaban J connectivity index is 2.35. The van der Waals surface area contributed by atoms with Crippen LogP contribution in [0.2, 0.25) is 0 Å². The van der Waals surface area contributed by atoms with E-state index >= 15 is 0 Å². The van der Waals surface area contributed by atoms with Gasteiger partial charge in [-0.2, -0.15) is 0 Å². The molecular weight excluding hydrogens is 162 g/mol. The maximum absolute atomic E-state index is 5.91. The second kappa shape index (κ2) is 5.73. The molecule has 1 aromatic rings. The maximum Gasteiger partial charge on any atom is 0.0659 e. The van der Waals surface area contributed by atoms with Crippen LogP contribution in [0.15, 0.2) is 30.3 Å². The van der Waals surface area contributed by atoms with E-state index in [0.717, 1.165) is 18.6 Å². The van der Waals surface area contributed by atoms with Crippen molar-refractivity contribution in [2.24, 2.45) is 5.73 Å². The third-order valence-electron chi connectivity index (χ3n) is 1.87. The second-order valence-electron chi connectivity index (χ2n) is 3.09. The second-order valence-corrected chi connectivity index (χ2v) is 3.09. The van der Waals surface area contributed by atoms with Gasteiger partial charge in [-0.15, -0.1) is 0 Å². The summed E-state index contributed by atoms with van der Waals surface area (Å²) in [5.74, 6) is 0. The van der Waals surface area contributed by atoms with Gasteiger partial charge in [0.2, 0.25) is 0 Å². The molecule has 0 saturated carbocycles. The molecule has 0 heterocycles. The predicted octanol–water partition coefficient (Wildman–Crippen LogP) is 2.11. The molecule has 0 spiro atoms. The van der Waals surface area contributed by atoms with Gasteiger partial charge in [-0.1, -0.05) is 37.3 Å². The van der Waals surface area contributed by atoms with Crippen LogP contribution in [0.5, 0.6) is 0 Å². The number of benzene rings is 1. The molecule has 1 atom stereocenters. The van der Waals surface area contributed by atoms with Gasteiger partial charge in [-0.3, -0.25) is 0 Å². The first-order valence-electron chi connectivity index (χ1n) is 4.73. The number of ether oxygens (including phenoxy) is 1. The summed E-state index contributed by atoms with van der Waals surface area (Å²) in [4.78, 5) is 0. The molecule has 0 saturated heterocycles. The van der Waals surface area contributed by atoms with E-state index in [2.05, 4.69) is 6.92 Å². The Morgan fingerprint density at radius 1 is 1.31 bits per heavy atom. The molecule has 2 N–H and O–H groups in total. The highest BCUT2D eigenvalue weighted by Crippen LogP contribution is 2.09. The molecular formula is C11H17NO. The predicted molar refractivity (Wildman–Crippen MR) is 54.5 cm³/mol. The Morgan fingerprint density at radius 2 is 2.00 bits per heavy atom. The standard InChI is InChI=1S/C11H17NO/c1-2-8-13-9-11(12)10-6-4-3-5-7-10/h3-7,11H,2,8-9,12H2,1H3. The fourth-order valence-electron chi connectivity index (χ4n) is 1.15. The summed E-state index contributed by atoms with van der Waals surface area (Å²) in [6, 6.07) is 10.0. The first-order valence-corrected chi connectivity index (χ1v) is 4.73. The number of hydrogen-bond acceptors (Lipinski definition) is 2. The first kappa shape index (κ1) is 10.2. The molecule has 1 rings (SSSR count). The van der Waals surface area contributed by atoms with E-state index in [1.54, 1.807) is 0 Å². The minimum atomic E-state index is 0.00718. The minimum Gasteiger partial charge on any atom is -0.379 e. The Bertz CT molecular complexity index is 223. The first-order chi connectivity index (χ1) is 6.34. The van der Waals surface area contributed by atoms with Crippen LogP contribution in [0.1, 0.15) is 24.9 Å². The lowest BCUT2D eigenvalue weighted by atomic mass is 10.1. The molecule has 0 aromatic heterocycles. The monoisotopic (exact) mass is 179 g/mol. The van der Waals surface area contributed by atoms with Gasteiger partial charge in [0.15, 0.2) is 0 Å². The Kier molecular flexibility index (Phi) is 4.50. The number of rotatable bonds is 5. The SMILES string of the molecule is CCCOCC(N)c1ccccc1. The molecule has 0 aliphatic carbocycles. The van der Waals surface area contributed by atoms with Crippen LogP contribution in [0.4, 0.5) is 0 Å². The average molecular weight is 179 g/mol. The molecule has 0 radical (unpaired) electrons. The molecule has 0 aliphatic heterocycles. The van der Waals surface area contributed by atoms with E-state index in [-0.39, 0.29) is 6.04 Å². The molecule has 2 nitrogen and oxygen atoms in total. The van der Waals surface area contributed by atoms with Crippen molar-refractivity contribution in [2.75, 3.05) is 13.2 Å². The summed E-state index contributed by atoms with van der Waals surface area (Å²) in [7, 11) is 0. The van der Waals surface area contributed by atoms with Crippen LogP contribution in [0, 0.1) is 0 Å². The van der Waals surface area contributed by atoms with E-state index in [1.165, 1.54) is 0 Å². The highest BCUT2D eigenvalue weighted by Gasteiger charge is 2.03. The van der Waals surface area contributed by atoms with Gasteiger partial charge in [0.05, 0.1) is 12.6 Å². The Morgan fingerprint density at radius 3 is 2.62 bits per heavy atom. The summed E-state index contributed by atoms with van der Waals surface area (Å²) in [6.07, 6.45) is 1.04. The lowest BCUT2D eigenvalue weighted by molar-refractivity contribution is 0.121. The number of nitrogens with two attached hydrogens (primary N) is 1. The molecule has 0 bridgehead atoms. The van der Waals surface area contributed by atoms with Crippen molar-refractivity contribution in [1.29, 1.82) is 0 Å². The minimum absolute atomic E-state index is 0.00718. The molecule has 0 aliphatic rings. The molecule has 72 valence electrons. The molecule has 0 amide bonds. The van der Waals surface area contributed by atoms with Gasteiger partial charge in [-0.05, 0) is 12.0 Å². The van der Waals surface area contributed by atoms with E-state index in [4.69, 9.17) is 10.5 Å². The highest BCUT2D eigenvalue weighted by molar-refractivity contribution is 5.18. The number of hydrogen-bond donors (Lipinski definition) is 1. The zero-order chi connectivity index (χ0) is 9.52. The van der Waals surface area contributed by atoms with E-state index in [0.29, 0.717) is 6.61 Å². The van der Waals surface area contributed by atoms with Crippen molar-refractivity contribution < 1.29 is 4.74 Å². The van der Waals surface area contributed by atoms with Crippen molar-refractivity contribution in [3.8, 4) is 0 Å². The van der Waals surface area contributed by atoms with Crippen molar-refractivity contribution >= 4 is 0 Å². The van der Waals surface area contributed by atoms with Crippen LogP contribution in [-0.2, 0) is 4.74 Å². The Hall–Kier alpha value is -0.860. The van der Waals surface area contributed by atoms with Gasteiger partial charge < -0.3 is 10.5 Å². The van der Waals surface area contributed by atoms with Crippen LogP contribution >= 0.6 is 0 Å². The van der Waals surface area contributed by atoms with E-state index < -0.39 is 0 Å². The zero-order valence-corrected chi connectivity index (χ0v) is 8.07. The summed E-state index contributed by atoms with van der Waals surface area (Å²) < 4.78 is 5.37. The third-order valence-corrected chi connectivity index (χ3v) is 1.87. The van der Waals surface area contributed by atoms with Crippen LogP contribution < -0.4 is 5.73 Å². The summed E-state index contributed by atoms with van der Waals surface area (Å²) in [6.45, 7) is 3.49. The maximum atomic E-state index is 5.91. The van der Waals surface area contributed by atoms with E-state index in [1.807, 2.05) is 30.3 Å². The van der Waals surface area contributed by atoms with Crippen molar-refractivity contribution in [1.82, 2.24) is 0 Å². The van der Waals surface area contributed by atoms with Crippen LogP contribution in [0.25, 0.3) is 0 Å². The molecule has 13 heavy (non-hydrogen) atoms. The highest BCUT2D eigenvalue weighted by atomic mass is 16.5. The molecule has 2 heteroatoms. The quantitative estimate of drug-likeness (QED) is 0.703. The van der Waals surface area contributed by atoms with Gasteiger partial charge in [0.1, 0.15) is 0 Å². The fraction of sp³-hybridized carbons (Fsp3) is 0.455. The van der Waals surface area contributed by atoms with Crippen LogP contribution in [0.3, 0.4) is 0 Å². The summed E-state index contributed by atoms with van der Waals surface area (Å²) in [5.41, 5.74) is 7.05. The molecule has 1 aromatic carbocycles. The summed E-state index contributed by atoms with van der Waals surface area (Å²) in [5, 5.41) is 0. The lowest BCUT2D eigenvalue weighted by Crippen LogP contribution is -2.17. The Labute approximate surface area is 79.7 Å². The molecule has 1 unspecified atom stereocenters. The lowest BCUT2D eigenvalue weighted by Gasteiger charge is -2.11. The average Bonchev–Trinajstić information content (AvgIpc) is 2.19. The molecule has 0 fully saturated rings. The van der Waals surface area contributed by atoms with Crippen molar-refractivity contribution in [3.05, 3.63) is 35.9 Å². The third kappa shape index (κ3) is 3.57. The smallest absolute Gasteiger partial charge is 0.0659 e. The van der Waals surface area contributed by atoms with Gasteiger partial charge >= 0.3 is 0 Å². The van der Waals surface area contributed by atoms with Gasteiger partial charge in [0.25, 0.3) is 0 Å². The summed E-state index contributed by atoms with van der Waals surface area (Å²) >= 11 is 0. The van der Waals surface area contributed by atoms with Gasteiger partial charge in [0, 0.05) is 6.61 Å². The van der Waals surface area contributed by atoms with Crippen molar-refractivity contribution in [2.45, 2.75) is 19.4 Å². The zero-order valence-electron chi connectivity index (χ0n) is 8.07. The van der Waals surface area contributed by atoms with Gasteiger partial charge in [-0.25, -0.2) is 0 Å². The van der Waals surface area contributed by atoms with Crippen molar-refractivity contribution in [3.63, 3.8) is 0 Å². The normalized spacial score (nSPS) is 12.8. The fourth-order valence-corrected chi connectivity index (χ4v) is 1.15. The van der Waals surface area contributed by atoms with Crippen LogP contribution in [-0.4, -0.2) is 13.2 Å².